The number of hydroxylamine groups is 2. The molecular formula is C25H30N2O4. The van der Waals surface area contributed by atoms with Gasteiger partial charge in [0, 0.05) is 13.0 Å². The Morgan fingerprint density at radius 2 is 1.52 bits per heavy atom. The number of carbonyl (C=O) groups is 3. The van der Waals surface area contributed by atoms with E-state index in [0.717, 1.165) is 25.9 Å². The van der Waals surface area contributed by atoms with Crippen LogP contribution in [-0.2, 0) is 21.6 Å². The van der Waals surface area contributed by atoms with Gasteiger partial charge in [0.1, 0.15) is 0 Å². The molecule has 0 spiro atoms. The van der Waals surface area contributed by atoms with Gasteiger partial charge in [-0.2, -0.15) is 0 Å². The molecule has 2 aromatic rings. The van der Waals surface area contributed by atoms with Crippen LogP contribution in [0.15, 0.2) is 48.5 Å². The number of fused-ring (bicyclic) bond motifs is 1. The fourth-order valence-electron chi connectivity index (χ4n) is 3.45. The van der Waals surface area contributed by atoms with Gasteiger partial charge in [0.15, 0.2) is 0 Å². The van der Waals surface area contributed by atoms with E-state index in [2.05, 4.69) is 50.4 Å². The minimum Gasteiger partial charge on any atom is -0.330 e. The molecule has 1 aliphatic heterocycles. The number of hydrogen-bond donors (Lipinski definition) is 1. The molecule has 0 unspecified atom stereocenters. The van der Waals surface area contributed by atoms with Crippen LogP contribution in [0.1, 0.15) is 78.3 Å². The first kappa shape index (κ1) is 22.7. The van der Waals surface area contributed by atoms with Crippen LogP contribution in [-0.4, -0.2) is 29.4 Å². The van der Waals surface area contributed by atoms with E-state index in [-0.39, 0.29) is 23.0 Å². The quantitative estimate of drug-likeness (QED) is 0.479. The average Bonchev–Trinajstić information content (AvgIpc) is 2.98. The van der Waals surface area contributed by atoms with Crippen molar-refractivity contribution in [2.24, 2.45) is 0 Å². The smallest absolute Gasteiger partial charge is 0.330 e. The van der Waals surface area contributed by atoms with Crippen molar-refractivity contribution in [3.8, 4) is 0 Å². The maximum Gasteiger partial charge on any atom is 0.333 e. The number of nitrogens with one attached hydrogen (secondary N) is 1. The first-order chi connectivity index (χ1) is 14.8. The molecule has 0 saturated carbocycles. The third kappa shape index (κ3) is 5.79. The lowest BCUT2D eigenvalue weighted by Gasteiger charge is -2.19. The van der Waals surface area contributed by atoms with Crippen molar-refractivity contribution in [1.82, 2.24) is 10.4 Å². The van der Waals surface area contributed by atoms with Gasteiger partial charge in [0.05, 0.1) is 11.1 Å². The molecule has 3 rings (SSSR count). The summed E-state index contributed by atoms with van der Waals surface area (Å²) in [6, 6.07) is 15.1. The fraction of sp³-hybridized carbons (Fsp3) is 0.400. The predicted octanol–water partition coefficient (Wildman–Crippen LogP) is 4.39. The number of rotatable bonds is 9. The van der Waals surface area contributed by atoms with E-state index in [1.54, 1.807) is 24.3 Å². The molecule has 0 bridgehead atoms. The highest BCUT2D eigenvalue weighted by molar-refractivity contribution is 6.20. The molecule has 164 valence electrons. The highest BCUT2D eigenvalue weighted by atomic mass is 16.7. The van der Waals surface area contributed by atoms with Gasteiger partial charge in [0.25, 0.3) is 11.8 Å². The van der Waals surface area contributed by atoms with E-state index in [0.29, 0.717) is 11.5 Å². The minimum absolute atomic E-state index is 0.159. The molecule has 6 nitrogen and oxygen atoms in total. The van der Waals surface area contributed by atoms with Crippen LogP contribution in [0.4, 0.5) is 0 Å². The second kappa shape index (κ2) is 9.88. The zero-order valence-corrected chi connectivity index (χ0v) is 18.4. The summed E-state index contributed by atoms with van der Waals surface area (Å²) in [6.45, 7) is 8.28. The first-order valence-electron chi connectivity index (χ1n) is 10.8. The van der Waals surface area contributed by atoms with Crippen LogP contribution < -0.4 is 5.32 Å². The second-order valence-electron chi connectivity index (χ2n) is 8.85. The van der Waals surface area contributed by atoms with Gasteiger partial charge >= 0.3 is 5.97 Å². The molecule has 0 aromatic heterocycles. The van der Waals surface area contributed by atoms with Crippen LogP contribution in [0.2, 0.25) is 0 Å². The number of unbranched alkanes of at least 4 members (excludes halogenated alkanes) is 2. The highest BCUT2D eigenvalue weighted by Crippen LogP contribution is 2.23. The molecule has 0 saturated heterocycles. The topological polar surface area (TPSA) is 75.7 Å². The monoisotopic (exact) mass is 422 g/mol. The molecule has 0 atom stereocenters. The van der Waals surface area contributed by atoms with Gasteiger partial charge in [-0.3, -0.25) is 9.59 Å². The zero-order valence-electron chi connectivity index (χ0n) is 18.4. The third-order valence-electron chi connectivity index (χ3n) is 5.33. The number of nitrogens with zero attached hydrogens (tertiary/aromatic N) is 1. The standard InChI is InChI=1S/C25H30N2O4/c1-25(2,3)19-14-12-18(13-15-19)17-26-16-8-4-5-11-22(28)31-27-23(29)20-9-6-7-10-21(20)24(27)30/h6-7,9-10,12-15,26H,4-5,8,11,16-17H2,1-3H3. The van der Waals surface area contributed by atoms with Crippen molar-refractivity contribution in [3.63, 3.8) is 0 Å². The molecule has 1 N–H and O–H groups in total. The average molecular weight is 423 g/mol. The van der Waals surface area contributed by atoms with Crippen LogP contribution in [0.3, 0.4) is 0 Å². The SMILES string of the molecule is CC(C)(C)c1ccc(CNCCCCCC(=O)ON2C(=O)c3ccccc3C2=O)cc1. The summed E-state index contributed by atoms with van der Waals surface area (Å²) in [7, 11) is 0. The Balaban J connectivity index is 1.30. The minimum atomic E-state index is -0.589. The molecular weight excluding hydrogens is 392 g/mol. The van der Waals surface area contributed by atoms with Crippen LogP contribution >= 0.6 is 0 Å². The largest absolute Gasteiger partial charge is 0.333 e. The number of imide groups is 1. The molecule has 1 aliphatic rings. The Kier molecular flexibility index (Phi) is 7.23. The lowest BCUT2D eigenvalue weighted by atomic mass is 9.87. The second-order valence-corrected chi connectivity index (χ2v) is 8.85. The van der Waals surface area contributed by atoms with Crippen molar-refractivity contribution in [2.45, 2.75) is 58.4 Å². The highest BCUT2D eigenvalue weighted by Gasteiger charge is 2.38. The first-order valence-corrected chi connectivity index (χ1v) is 10.8. The summed E-state index contributed by atoms with van der Waals surface area (Å²) in [5.74, 6) is -1.75. The Labute approximate surface area is 183 Å². The van der Waals surface area contributed by atoms with E-state index >= 15 is 0 Å². The van der Waals surface area contributed by atoms with Crippen molar-refractivity contribution < 1.29 is 19.2 Å². The van der Waals surface area contributed by atoms with Gasteiger partial charge in [-0.1, -0.05) is 68.7 Å². The molecule has 6 heteroatoms. The van der Waals surface area contributed by atoms with Gasteiger partial charge in [-0.15, -0.1) is 0 Å². The Hall–Kier alpha value is -2.99. The normalized spacial score (nSPS) is 13.5. The summed E-state index contributed by atoms with van der Waals surface area (Å²) >= 11 is 0. The van der Waals surface area contributed by atoms with Gasteiger partial charge < -0.3 is 10.2 Å². The molecule has 31 heavy (non-hydrogen) atoms. The Morgan fingerprint density at radius 3 is 2.10 bits per heavy atom. The molecule has 0 aliphatic carbocycles. The van der Waals surface area contributed by atoms with Crippen LogP contribution in [0.5, 0.6) is 0 Å². The number of amides is 2. The van der Waals surface area contributed by atoms with E-state index < -0.39 is 17.8 Å². The number of hydrogen-bond acceptors (Lipinski definition) is 5. The van der Waals surface area contributed by atoms with Crippen molar-refractivity contribution in [3.05, 3.63) is 70.8 Å². The summed E-state index contributed by atoms with van der Waals surface area (Å²) in [4.78, 5) is 41.4. The summed E-state index contributed by atoms with van der Waals surface area (Å²) in [6.07, 6.45) is 2.60. The molecule has 0 radical (unpaired) electrons. The van der Waals surface area contributed by atoms with Crippen molar-refractivity contribution in [1.29, 1.82) is 0 Å². The summed E-state index contributed by atoms with van der Waals surface area (Å²) in [5, 5.41) is 3.98. The number of carbonyl (C=O) groups excluding carboxylic acids is 3. The summed E-state index contributed by atoms with van der Waals surface area (Å²) in [5.41, 5.74) is 3.26. The van der Waals surface area contributed by atoms with E-state index in [1.165, 1.54) is 11.1 Å². The van der Waals surface area contributed by atoms with Gasteiger partial charge in [-0.05, 0) is 48.1 Å². The van der Waals surface area contributed by atoms with Crippen molar-refractivity contribution >= 4 is 17.8 Å². The zero-order chi connectivity index (χ0) is 22.4. The van der Waals surface area contributed by atoms with Crippen LogP contribution in [0, 0.1) is 0 Å². The number of benzene rings is 2. The predicted molar refractivity (Wildman–Crippen MR) is 118 cm³/mol. The van der Waals surface area contributed by atoms with Gasteiger partial charge in [-0.25, -0.2) is 4.79 Å². The molecule has 0 fully saturated rings. The van der Waals surface area contributed by atoms with E-state index in [1.807, 2.05) is 0 Å². The summed E-state index contributed by atoms with van der Waals surface area (Å²) < 4.78 is 0. The Morgan fingerprint density at radius 1 is 0.903 bits per heavy atom. The molecule has 2 aromatic carbocycles. The van der Waals surface area contributed by atoms with E-state index in [9.17, 15) is 14.4 Å². The van der Waals surface area contributed by atoms with Crippen LogP contribution in [0.25, 0.3) is 0 Å². The molecule has 1 heterocycles. The maximum absolute atomic E-state index is 12.2. The lowest BCUT2D eigenvalue weighted by Crippen LogP contribution is -2.32. The van der Waals surface area contributed by atoms with E-state index in [4.69, 9.17) is 4.84 Å². The maximum atomic E-state index is 12.2. The van der Waals surface area contributed by atoms with Gasteiger partial charge in [0.2, 0.25) is 0 Å². The lowest BCUT2D eigenvalue weighted by molar-refractivity contribution is -0.168. The fourth-order valence-corrected chi connectivity index (χ4v) is 3.45. The third-order valence-corrected chi connectivity index (χ3v) is 5.33. The molecule has 2 amide bonds. The Bertz CT molecular complexity index is 910. The van der Waals surface area contributed by atoms with Crippen molar-refractivity contribution in [2.75, 3.05) is 6.54 Å².